The molecule has 0 bridgehead atoms. The molecule has 0 unspecified atom stereocenters. The fourth-order valence-corrected chi connectivity index (χ4v) is 5.45. The van der Waals surface area contributed by atoms with E-state index in [1.54, 1.807) is 7.11 Å². The number of rotatable bonds is 3. The van der Waals surface area contributed by atoms with Crippen LogP contribution in [0.2, 0.25) is 0 Å². The lowest BCUT2D eigenvalue weighted by atomic mass is 9.79. The average molecular weight is 445 g/mol. The number of nitrogens with zero attached hydrogens (tertiary/aromatic N) is 2. The van der Waals surface area contributed by atoms with E-state index >= 15 is 0 Å². The third-order valence-electron chi connectivity index (χ3n) is 6.87. The molecule has 0 aliphatic carbocycles. The van der Waals surface area contributed by atoms with Crippen molar-refractivity contribution in [2.75, 3.05) is 13.7 Å². The number of fused-ring (bicyclic) bond motifs is 5. The van der Waals surface area contributed by atoms with Gasteiger partial charge in [-0.2, -0.15) is 0 Å². The molecular formula is C28H32N2O3. The summed E-state index contributed by atoms with van der Waals surface area (Å²) in [6.45, 7) is 9.62. The summed E-state index contributed by atoms with van der Waals surface area (Å²) in [4.78, 5) is 15.8. The third kappa shape index (κ3) is 3.79. The molecule has 1 aromatic heterocycles. The van der Waals surface area contributed by atoms with Crippen molar-refractivity contribution < 1.29 is 14.3 Å². The normalized spacial score (nSPS) is 20.5. The lowest BCUT2D eigenvalue weighted by molar-refractivity contribution is -0.150. The summed E-state index contributed by atoms with van der Waals surface area (Å²) in [6.07, 6.45) is 0.837. The first-order chi connectivity index (χ1) is 15.8. The second kappa shape index (κ2) is 7.98. The van der Waals surface area contributed by atoms with Gasteiger partial charge in [-0.05, 0) is 63.9 Å². The summed E-state index contributed by atoms with van der Waals surface area (Å²) < 4.78 is 13.8. The highest BCUT2D eigenvalue weighted by Crippen LogP contribution is 2.48. The molecule has 0 radical (unpaired) electrons. The molecule has 2 aliphatic heterocycles. The minimum absolute atomic E-state index is 0.0126. The van der Waals surface area contributed by atoms with Crippen molar-refractivity contribution in [1.82, 2.24) is 9.47 Å². The van der Waals surface area contributed by atoms with Gasteiger partial charge >= 0.3 is 5.97 Å². The second-order valence-corrected chi connectivity index (χ2v) is 10.1. The Hall–Kier alpha value is -3.21. The average Bonchev–Trinajstić information content (AvgIpc) is 3.16. The first kappa shape index (κ1) is 21.6. The summed E-state index contributed by atoms with van der Waals surface area (Å²) >= 11 is 0. The van der Waals surface area contributed by atoms with Gasteiger partial charge < -0.3 is 18.9 Å². The lowest BCUT2D eigenvalue weighted by Crippen LogP contribution is -2.43. The SMILES string of the molecule is COc1ccc2c(c1)cc1n2CCN2C(C)=C(C(=O)OC(C)(C)C)[C@H](c3ccccc3)C[C@@H]12. The smallest absolute Gasteiger partial charge is 0.336 e. The highest BCUT2D eigenvalue weighted by molar-refractivity contribution is 5.92. The largest absolute Gasteiger partial charge is 0.497 e. The highest BCUT2D eigenvalue weighted by Gasteiger charge is 2.41. The van der Waals surface area contributed by atoms with Crippen molar-refractivity contribution >= 4 is 16.9 Å². The standard InChI is InChI=1S/C28H32N2O3/c1-18-26(27(31)33-28(2,3)4)22(19-9-7-6-8-10-19)17-25-24-16-20-15-21(32-5)11-12-23(20)30(24)14-13-29(18)25/h6-12,15-16,22,25H,13-14,17H2,1-5H3/t22-,25-/m0/s1. The third-order valence-corrected chi connectivity index (χ3v) is 6.87. The molecule has 2 aliphatic rings. The molecule has 0 spiro atoms. The lowest BCUT2D eigenvalue weighted by Gasteiger charge is -2.46. The van der Waals surface area contributed by atoms with Gasteiger partial charge in [-0.1, -0.05) is 30.3 Å². The summed E-state index contributed by atoms with van der Waals surface area (Å²) in [5.41, 5.74) is 4.99. The van der Waals surface area contributed by atoms with Crippen LogP contribution in [0.4, 0.5) is 0 Å². The molecule has 2 aromatic carbocycles. The number of methoxy groups -OCH3 is 1. The number of carbonyl (C=O) groups is 1. The van der Waals surface area contributed by atoms with Gasteiger partial charge in [-0.15, -0.1) is 0 Å². The maximum atomic E-state index is 13.4. The van der Waals surface area contributed by atoms with Gasteiger partial charge in [0.15, 0.2) is 0 Å². The Labute approximate surface area is 195 Å². The molecule has 3 aromatic rings. The Morgan fingerprint density at radius 3 is 2.48 bits per heavy atom. The molecule has 0 amide bonds. The maximum absolute atomic E-state index is 13.4. The zero-order valence-corrected chi connectivity index (χ0v) is 20.1. The van der Waals surface area contributed by atoms with Gasteiger partial charge in [-0.25, -0.2) is 4.79 Å². The Bertz CT molecular complexity index is 1230. The molecule has 172 valence electrons. The number of aromatic nitrogens is 1. The summed E-state index contributed by atoms with van der Waals surface area (Å²) in [7, 11) is 1.71. The molecule has 5 heteroatoms. The summed E-state index contributed by atoms with van der Waals surface area (Å²) in [6, 6.07) is 19.2. The minimum Gasteiger partial charge on any atom is -0.497 e. The van der Waals surface area contributed by atoms with Crippen LogP contribution in [0.5, 0.6) is 5.75 Å². The molecular weight excluding hydrogens is 412 g/mol. The molecule has 0 saturated carbocycles. The van der Waals surface area contributed by atoms with Gasteiger partial charge in [0, 0.05) is 41.3 Å². The number of benzene rings is 2. The first-order valence-corrected chi connectivity index (χ1v) is 11.7. The van der Waals surface area contributed by atoms with Crippen LogP contribution in [-0.2, 0) is 16.1 Å². The van der Waals surface area contributed by atoms with Crippen molar-refractivity contribution in [2.45, 2.75) is 58.2 Å². The Balaban J connectivity index is 1.62. The summed E-state index contributed by atoms with van der Waals surface area (Å²) in [5, 5.41) is 1.20. The van der Waals surface area contributed by atoms with Gasteiger partial charge in [0.05, 0.1) is 18.7 Å². The van der Waals surface area contributed by atoms with Crippen LogP contribution >= 0.6 is 0 Å². The number of allylic oxidation sites excluding steroid dienone is 1. The van der Waals surface area contributed by atoms with Crippen molar-refractivity contribution in [3.63, 3.8) is 0 Å². The van der Waals surface area contributed by atoms with Crippen LogP contribution in [0.3, 0.4) is 0 Å². The predicted octanol–water partition coefficient (Wildman–Crippen LogP) is 5.81. The van der Waals surface area contributed by atoms with Gasteiger partial charge in [0.25, 0.3) is 0 Å². The Kier molecular flexibility index (Phi) is 5.23. The van der Waals surface area contributed by atoms with Crippen LogP contribution in [-0.4, -0.2) is 34.7 Å². The molecule has 5 rings (SSSR count). The fourth-order valence-electron chi connectivity index (χ4n) is 5.45. The van der Waals surface area contributed by atoms with E-state index in [-0.39, 0.29) is 17.9 Å². The maximum Gasteiger partial charge on any atom is 0.336 e. The van der Waals surface area contributed by atoms with E-state index < -0.39 is 5.60 Å². The van der Waals surface area contributed by atoms with Crippen molar-refractivity contribution in [3.8, 4) is 5.75 Å². The molecule has 5 nitrogen and oxygen atoms in total. The Morgan fingerprint density at radius 1 is 1.03 bits per heavy atom. The van der Waals surface area contributed by atoms with E-state index in [4.69, 9.17) is 9.47 Å². The van der Waals surface area contributed by atoms with Crippen LogP contribution in [0.1, 0.15) is 57.3 Å². The van der Waals surface area contributed by atoms with Crippen LogP contribution in [0, 0.1) is 0 Å². The zero-order valence-electron chi connectivity index (χ0n) is 20.1. The van der Waals surface area contributed by atoms with Gasteiger partial charge in [0.2, 0.25) is 0 Å². The predicted molar refractivity (Wildman–Crippen MR) is 130 cm³/mol. The van der Waals surface area contributed by atoms with E-state index in [0.29, 0.717) is 0 Å². The number of hydrogen-bond acceptors (Lipinski definition) is 4. The van der Waals surface area contributed by atoms with Gasteiger partial charge in [-0.3, -0.25) is 0 Å². The monoisotopic (exact) mass is 444 g/mol. The molecule has 2 atom stereocenters. The quantitative estimate of drug-likeness (QED) is 0.478. The number of esters is 1. The molecule has 0 N–H and O–H groups in total. The van der Waals surface area contributed by atoms with Crippen LogP contribution < -0.4 is 4.74 Å². The van der Waals surface area contributed by atoms with Crippen LogP contribution in [0.25, 0.3) is 10.9 Å². The van der Waals surface area contributed by atoms with Crippen LogP contribution in [0.15, 0.2) is 65.9 Å². The molecule has 0 saturated heterocycles. The summed E-state index contributed by atoms with van der Waals surface area (Å²) in [5.74, 6) is 0.654. The molecule has 33 heavy (non-hydrogen) atoms. The Morgan fingerprint density at radius 2 is 1.79 bits per heavy atom. The number of carbonyl (C=O) groups excluding carboxylic acids is 1. The van der Waals surface area contributed by atoms with E-state index in [1.165, 1.54) is 16.6 Å². The zero-order chi connectivity index (χ0) is 23.3. The van der Waals surface area contributed by atoms with Crippen molar-refractivity contribution in [3.05, 3.63) is 77.1 Å². The van der Waals surface area contributed by atoms with E-state index in [2.05, 4.69) is 46.7 Å². The highest BCUT2D eigenvalue weighted by atomic mass is 16.6. The number of ether oxygens (including phenoxy) is 2. The van der Waals surface area contributed by atoms with E-state index in [9.17, 15) is 4.79 Å². The van der Waals surface area contributed by atoms with Crippen molar-refractivity contribution in [1.29, 1.82) is 0 Å². The molecule has 0 fully saturated rings. The van der Waals surface area contributed by atoms with E-state index in [1.807, 2.05) is 45.0 Å². The fraction of sp³-hybridized carbons (Fsp3) is 0.393. The second-order valence-electron chi connectivity index (χ2n) is 10.1. The van der Waals surface area contributed by atoms with Gasteiger partial charge in [0.1, 0.15) is 11.4 Å². The first-order valence-electron chi connectivity index (χ1n) is 11.7. The van der Waals surface area contributed by atoms with E-state index in [0.717, 1.165) is 42.1 Å². The number of hydrogen-bond donors (Lipinski definition) is 0. The topological polar surface area (TPSA) is 43.7 Å². The molecule has 3 heterocycles. The van der Waals surface area contributed by atoms with Crippen molar-refractivity contribution in [2.24, 2.45) is 0 Å². The minimum atomic E-state index is -0.532.